The number of hydrogen-bond acceptors (Lipinski definition) is 3. The number of aromatic nitrogens is 1. The molecule has 6 nitrogen and oxygen atoms in total. The number of benzene rings is 1. The summed E-state index contributed by atoms with van der Waals surface area (Å²) >= 11 is 0. The topological polar surface area (TPSA) is 102 Å². The lowest BCUT2D eigenvalue weighted by molar-refractivity contribution is -0.141. The van der Waals surface area contributed by atoms with E-state index < -0.39 is 12.0 Å². The Morgan fingerprint density at radius 2 is 1.90 bits per heavy atom. The highest BCUT2D eigenvalue weighted by Crippen LogP contribution is 2.67. The highest BCUT2D eigenvalue weighted by Gasteiger charge is 2.59. The molecule has 222 valence electrons. The molecule has 1 aromatic carbocycles. The van der Waals surface area contributed by atoms with E-state index in [1.165, 1.54) is 37.7 Å². The van der Waals surface area contributed by atoms with Crippen LogP contribution in [-0.2, 0) is 16.0 Å². The molecule has 4 aliphatic rings. The first-order chi connectivity index (χ1) is 19.6. The lowest BCUT2D eigenvalue weighted by atomic mass is 9.47. The average molecular weight is 561 g/mol. The fourth-order valence-corrected chi connectivity index (χ4v) is 10.2. The van der Waals surface area contributed by atoms with Gasteiger partial charge in [-0.2, -0.15) is 0 Å². The molecule has 6 rings (SSSR count). The second-order valence-corrected chi connectivity index (χ2v) is 14.4. The van der Waals surface area contributed by atoms with Crippen LogP contribution in [-0.4, -0.2) is 39.2 Å². The van der Waals surface area contributed by atoms with Crippen LogP contribution >= 0.6 is 0 Å². The number of carboxylic acid groups (broad SMARTS) is 1. The van der Waals surface area contributed by atoms with Crippen molar-refractivity contribution in [1.82, 2.24) is 10.3 Å². The Hall–Kier alpha value is -2.60. The van der Waals surface area contributed by atoms with Gasteiger partial charge in [0, 0.05) is 29.9 Å². The predicted molar refractivity (Wildman–Crippen MR) is 161 cm³/mol. The zero-order valence-electron chi connectivity index (χ0n) is 25.0. The Kier molecular flexibility index (Phi) is 7.59. The molecule has 1 amide bonds. The van der Waals surface area contributed by atoms with Crippen LogP contribution < -0.4 is 5.32 Å². The van der Waals surface area contributed by atoms with E-state index >= 15 is 0 Å². The van der Waals surface area contributed by atoms with E-state index in [1.807, 2.05) is 30.5 Å². The number of aliphatic hydroxyl groups is 1. The molecule has 1 heterocycles. The summed E-state index contributed by atoms with van der Waals surface area (Å²) < 4.78 is 0. The zero-order chi connectivity index (χ0) is 28.9. The highest BCUT2D eigenvalue weighted by atomic mass is 16.4. The Labute approximate surface area is 244 Å². The number of aromatic amines is 1. The molecule has 1 aromatic heterocycles. The molecule has 9 atom stereocenters. The van der Waals surface area contributed by atoms with Gasteiger partial charge in [0.1, 0.15) is 6.04 Å². The third-order valence-electron chi connectivity index (χ3n) is 12.4. The van der Waals surface area contributed by atoms with Gasteiger partial charge in [-0.25, -0.2) is 4.79 Å². The number of aliphatic carboxylic acids is 1. The molecule has 0 bridgehead atoms. The normalized spacial score (nSPS) is 36.0. The van der Waals surface area contributed by atoms with Crippen molar-refractivity contribution >= 4 is 22.8 Å². The third-order valence-corrected chi connectivity index (χ3v) is 12.4. The van der Waals surface area contributed by atoms with Crippen LogP contribution in [0.25, 0.3) is 10.9 Å². The van der Waals surface area contributed by atoms with Crippen molar-refractivity contribution in [3.63, 3.8) is 0 Å². The summed E-state index contributed by atoms with van der Waals surface area (Å²) in [7, 11) is 0. The first kappa shape index (κ1) is 28.5. The molecule has 0 saturated heterocycles. The molecular formula is C35H48N2O4. The molecule has 3 fully saturated rings. The van der Waals surface area contributed by atoms with E-state index in [4.69, 9.17) is 0 Å². The van der Waals surface area contributed by atoms with Gasteiger partial charge in [-0.15, -0.1) is 0 Å². The number of fused-ring (bicyclic) bond motifs is 6. The van der Waals surface area contributed by atoms with Crippen LogP contribution in [0.1, 0.15) is 90.5 Å². The number of nitrogens with one attached hydrogen (secondary N) is 2. The standard InChI is InChI=1S/C35H48N2O4/c1-21(8-13-32(39)37-31(33(40)41)18-22-20-36-30-7-5-4-6-25(22)30)27-11-12-28-26-10-9-23-19-24(38)14-16-34(23,2)29(26)15-17-35(27,28)3/h4-7,9,20-21,24,26-29,31,36,38H,8,10-19H2,1-3H3,(H,37,39)(H,40,41)/t21-,24+,26+,27-,28+,29+,31-,34+,35-/m1/s1. The minimum Gasteiger partial charge on any atom is -0.480 e. The van der Waals surface area contributed by atoms with Crippen LogP contribution in [0.2, 0.25) is 0 Å². The summed E-state index contributed by atoms with van der Waals surface area (Å²) in [6.07, 6.45) is 14.8. The summed E-state index contributed by atoms with van der Waals surface area (Å²) in [6.45, 7) is 7.34. The Morgan fingerprint density at radius 3 is 2.71 bits per heavy atom. The summed E-state index contributed by atoms with van der Waals surface area (Å²) in [4.78, 5) is 28.2. The van der Waals surface area contributed by atoms with E-state index in [9.17, 15) is 19.8 Å². The van der Waals surface area contributed by atoms with Crippen molar-refractivity contribution in [2.75, 3.05) is 0 Å². The maximum absolute atomic E-state index is 13.0. The van der Waals surface area contributed by atoms with Crippen molar-refractivity contribution in [3.8, 4) is 0 Å². The number of carbonyl (C=O) groups excluding carboxylic acids is 1. The molecule has 0 aliphatic heterocycles. The number of aliphatic hydroxyl groups excluding tert-OH is 1. The smallest absolute Gasteiger partial charge is 0.326 e. The van der Waals surface area contributed by atoms with E-state index in [0.717, 1.165) is 59.9 Å². The van der Waals surface area contributed by atoms with Crippen LogP contribution in [0.4, 0.5) is 0 Å². The minimum absolute atomic E-state index is 0.159. The van der Waals surface area contributed by atoms with Gasteiger partial charge in [-0.1, -0.05) is 50.6 Å². The predicted octanol–water partition coefficient (Wildman–Crippen LogP) is 6.64. The number of H-pyrrole nitrogens is 1. The van der Waals surface area contributed by atoms with Gasteiger partial charge in [-0.05, 0) is 110 Å². The Bertz CT molecular complexity index is 1330. The number of amides is 1. The maximum atomic E-state index is 13.0. The second-order valence-electron chi connectivity index (χ2n) is 14.4. The Morgan fingerprint density at radius 1 is 1.10 bits per heavy atom. The van der Waals surface area contributed by atoms with Gasteiger partial charge in [0.15, 0.2) is 0 Å². The number of rotatable bonds is 8. The molecule has 41 heavy (non-hydrogen) atoms. The van der Waals surface area contributed by atoms with Crippen LogP contribution in [0, 0.1) is 40.4 Å². The lowest BCUT2D eigenvalue weighted by Gasteiger charge is -2.58. The fourth-order valence-electron chi connectivity index (χ4n) is 10.2. The summed E-state index contributed by atoms with van der Waals surface area (Å²) in [5.74, 6) is 2.08. The number of carboxylic acids is 1. The fraction of sp³-hybridized carbons (Fsp3) is 0.657. The molecule has 6 heteroatoms. The van der Waals surface area contributed by atoms with Crippen LogP contribution in [0.15, 0.2) is 42.1 Å². The number of para-hydroxylation sites is 1. The first-order valence-electron chi connectivity index (χ1n) is 16.0. The molecule has 4 aliphatic carbocycles. The van der Waals surface area contributed by atoms with E-state index in [0.29, 0.717) is 23.7 Å². The second kappa shape index (κ2) is 10.9. The van der Waals surface area contributed by atoms with E-state index in [1.54, 1.807) is 0 Å². The van der Waals surface area contributed by atoms with Gasteiger partial charge < -0.3 is 20.5 Å². The van der Waals surface area contributed by atoms with E-state index in [2.05, 4.69) is 37.1 Å². The van der Waals surface area contributed by atoms with Crippen molar-refractivity contribution in [3.05, 3.63) is 47.7 Å². The van der Waals surface area contributed by atoms with Gasteiger partial charge in [0.25, 0.3) is 0 Å². The molecule has 0 unspecified atom stereocenters. The van der Waals surface area contributed by atoms with Gasteiger partial charge >= 0.3 is 5.97 Å². The number of hydrogen-bond donors (Lipinski definition) is 4. The largest absolute Gasteiger partial charge is 0.480 e. The third kappa shape index (κ3) is 5.04. The summed E-state index contributed by atoms with van der Waals surface area (Å²) in [5, 5.41) is 24.0. The molecular weight excluding hydrogens is 512 g/mol. The van der Waals surface area contributed by atoms with Crippen molar-refractivity contribution < 1.29 is 19.8 Å². The number of carbonyl (C=O) groups is 2. The van der Waals surface area contributed by atoms with Crippen molar-refractivity contribution in [2.45, 2.75) is 104 Å². The molecule has 0 radical (unpaired) electrons. The first-order valence-corrected chi connectivity index (χ1v) is 16.0. The quantitative estimate of drug-likeness (QED) is 0.272. The lowest BCUT2D eigenvalue weighted by Crippen LogP contribution is -2.50. The monoisotopic (exact) mass is 560 g/mol. The SMILES string of the molecule is C[C@H](CCC(=O)N[C@H](Cc1c[nH]c2ccccc12)C(=O)O)[C@H]1CC[C@H]2[C@@H]3CC=C4C[C@@H](O)CC[C@]4(C)[C@H]3CC[C@]12C. The minimum atomic E-state index is -0.995. The van der Waals surface area contributed by atoms with Crippen molar-refractivity contribution in [1.29, 1.82) is 0 Å². The molecule has 4 N–H and O–H groups in total. The zero-order valence-corrected chi connectivity index (χ0v) is 25.0. The Balaban J connectivity index is 1.07. The molecule has 2 aromatic rings. The maximum Gasteiger partial charge on any atom is 0.326 e. The number of allylic oxidation sites excluding steroid dienone is 1. The van der Waals surface area contributed by atoms with Crippen LogP contribution in [0.5, 0.6) is 0 Å². The average Bonchev–Trinajstić information content (AvgIpc) is 3.52. The summed E-state index contributed by atoms with van der Waals surface area (Å²) in [6, 6.07) is 6.91. The van der Waals surface area contributed by atoms with Crippen LogP contribution in [0.3, 0.4) is 0 Å². The van der Waals surface area contributed by atoms with Gasteiger partial charge in [0.05, 0.1) is 6.10 Å². The molecule has 3 saturated carbocycles. The van der Waals surface area contributed by atoms with Crippen molar-refractivity contribution in [2.24, 2.45) is 40.4 Å². The van der Waals surface area contributed by atoms with Gasteiger partial charge in [0.2, 0.25) is 5.91 Å². The van der Waals surface area contributed by atoms with Gasteiger partial charge in [-0.3, -0.25) is 4.79 Å². The highest BCUT2D eigenvalue weighted by molar-refractivity contribution is 5.86. The van der Waals surface area contributed by atoms with E-state index in [-0.39, 0.29) is 23.8 Å². The molecule has 0 spiro atoms. The summed E-state index contributed by atoms with van der Waals surface area (Å²) in [5.41, 5.74) is 3.98.